The van der Waals surface area contributed by atoms with Gasteiger partial charge in [-0.3, -0.25) is 4.79 Å². The lowest BCUT2D eigenvalue weighted by molar-refractivity contribution is -0.128. The monoisotopic (exact) mass is 265 g/mol. The van der Waals surface area contributed by atoms with Crippen molar-refractivity contribution in [2.75, 3.05) is 13.2 Å². The van der Waals surface area contributed by atoms with Gasteiger partial charge in [-0.25, -0.2) is 0 Å². The van der Waals surface area contributed by atoms with Gasteiger partial charge in [-0.15, -0.1) is 0 Å². The molecule has 19 heavy (non-hydrogen) atoms. The van der Waals surface area contributed by atoms with E-state index >= 15 is 0 Å². The lowest BCUT2D eigenvalue weighted by Gasteiger charge is -2.28. The molecule has 0 aromatic heterocycles. The highest BCUT2D eigenvalue weighted by molar-refractivity contribution is 5.78. The SMILES string of the molecule is CCC(C)(CCO)NC(=O)COCc1ccccc1. The summed E-state index contributed by atoms with van der Waals surface area (Å²) in [4.78, 5) is 11.8. The Kier molecular flexibility index (Phi) is 6.53. The molecule has 0 radical (unpaired) electrons. The molecule has 1 amide bonds. The van der Waals surface area contributed by atoms with Crippen molar-refractivity contribution in [3.63, 3.8) is 0 Å². The summed E-state index contributed by atoms with van der Waals surface area (Å²) in [7, 11) is 0. The van der Waals surface area contributed by atoms with Crippen LogP contribution in [0, 0.1) is 0 Å². The molecule has 0 saturated carbocycles. The predicted molar refractivity (Wildman–Crippen MR) is 74.6 cm³/mol. The molecule has 0 bridgehead atoms. The fourth-order valence-electron chi connectivity index (χ4n) is 1.78. The average molecular weight is 265 g/mol. The van der Waals surface area contributed by atoms with Crippen molar-refractivity contribution in [2.45, 2.75) is 38.8 Å². The Bertz CT molecular complexity index is 380. The van der Waals surface area contributed by atoms with E-state index < -0.39 is 0 Å². The molecule has 1 rings (SSSR count). The third kappa shape index (κ3) is 5.85. The van der Waals surface area contributed by atoms with Gasteiger partial charge >= 0.3 is 0 Å². The number of hydrogen-bond donors (Lipinski definition) is 2. The number of carbonyl (C=O) groups excluding carboxylic acids is 1. The number of aliphatic hydroxyl groups is 1. The second kappa shape index (κ2) is 7.92. The fourth-order valence-corrected chi connectivity index (χ4v) is 1.78. The van der Waals surface area contributed by atoms with Gasteiger partial charge < -0.3 is 15.2 Å². The lowest BCUT2D eigenvalue weighted by atomic mass is 9.95. The Hall–Kier alpha value is -1.39. The number of benzene rings is 1. The van der Waals surface area contributed by atoms with Gasteiger partial charge in [0.1, 0.15) is 6.61 Å². The second-order valence-electron chi connectivity index (χ2n) is 4.91. The van der Waals surface area contributed by atoms with Gasteiger partial charge in [0.15, 0.2) is 0 Å². The molecule has 0 aliphatic carbocycles. The summed E-state index contributed by atoms with van der Waals surface area (Å²) in [5, 5.41) is 11.9. The number of nitrogens with one attached hydrogen (secondary N) is 1. The maximum absolute atomic E-state index is 11.8. The van der Waals surface area contributed by atoms with Crippen molar-refractivity contribution >= 4 is 5.91 Å². The van der Waals surface area contributed by atoms with Crippen molar-refractivity contribution in [2.24, 2.45) is 0 Å². The molecular weight excluding hydrogens is 242 g/mol. The summed E-state index contributed by atoms with van der Waals surface area (Å²) < 4.78 is 5.38. The Balaban J connectivity index is 2.31. The molecule has 4 nitrogen and oxygen atoms in total. The van der Waals surface area contributed by atoms with Crippen molar-refractivity contribution in [1.82, 2.24) is 5.32 Å². The van der Waals surface area contributed by atoms with Gasteiger partial charge in [-0.1, -0.05) is 37.3 Å². The summed E-state index contributed by atoms with van der Waals surface area (Å²) in [5.41, 5.74) is 0.686. The van der Waals surface area contributed by atoms with Crippen LogP contribution in [0.2, 0.25) is 0 Å². The lowest BCUT2D eigenvalue weighted by Crippen LogP contribution is -2.47. The van der Waals surface area contributed by atoms with E-state index in [4.69, 9.17) is 9.84 Å². The van der Waals surface area contributed by atoms with Crippen molar-refractivity contribution in [3.05, 3.63) is 35.9 Å². The summed E-state index contributed by atoms with van der Waals surface area (Å²) in [5.74, 6) is -0.145. The predicted octanol–water partition coefficient (Wildman–Crippen LogP) is 1.87. The van der Waals surface area contributed by atoms with Crippen LogP contribution in [0.4, 0.5) is 0 Å². The molecule has 1 atom stereocenters. The molecule has 0 aliphatic heterocycles. The fraction of sp³-hybridized carbons (Fsp3) is 0.533. The normalized spacial score (nSPS) is 13.8. The zero-order valence-corrected chi connectivity index (χ0v) is 11.7. The Morgan fingerprint density at radius 2 is 2.05 bits per heavy atom. The summed E-state index contributed by atoms with van der Waals surface area (Å²) in [6, 6.07) is 9.74. The molecule has 106 valence electrons. The van der Waals surface area contributed by atoms with Crippen molar-refractivity contribution < 1.29 is 14.6 Å². The molecule has 1 unspecified atom stereocenters. The van der Waals surface area contributed by atoms with Crippen molar-refractivity contribution in [1.29, 1.82) is 0 Å². The Morgan fingerprint density at radius 3 is 2.63 bits per heavy atom. The molecular formula is C15H23NO3. The summed E-state index contributed by atoms with van der Waals surface area (Å²) in [6.45, 7) is 4.45. The number of hydrogen-bond acceptors (Lipinski definition) is 3. The van der Waals surface area contributed by atoms with Crippen LogP contribution in [0.25, 0.3) is 0 Å². The highest BCUT2D eigenvalue weighted by atomic mass is 16.5. The Morgan fingerprint density at radius 1 is 1.37 bits per heavy atom. The van der Waals surface area contributed by atoms with Crippen LogP contribution in [0.1, 0.15) is 32.3 Å². The largest absolute Gasteiger partial charge is 0.396 e. The van der Waals surface area contributed by atoms with Crippen LogP contribution in [0.5, 0.6) is 0 Å². The average Bonchev–Trinajstić information content (AvgIpc) is 2.40. The minimum Gasteiger partial charge on any atom is -0.396 e. The Labute approximate surface area is 114 Å². The first-order valence-corrected chi connectivity index (χ1v) is 6.63. The minimum absolute atomic E-state index is 0.0376. The third-order valence-electron chi connectivity index (χ3n) is 3.23. The van der Waals surface area contributed by atoms with E-state index in [0.717, 1.165) is 12.0 Å². The third-order valence-corrected chi connectivity index (χ3v) is 3.23. The van der Waals surface area contributed by atoms with Crippen LogP contribution in [-0.2, 0) is 16.1 Å². The van der Waals surface area contributed by atoms with E-state index in [1.54, 1.807) is 0 Å². The quantitative estimate of drug-likeness (QED) is 0.754. The van der Waals surface area contributed by atoms with Gasteiger partial charge in [0, 0.05) is 12.1 Å². The number of amides is 1. The molecule has 0 fully saturated rings. The number of rotatable bonds is 8. The van der Waals surface area contributed by atoms with Gasteiger partial charge in [-0.2, -0.15) is 0 Å². The van der Waals surface area contributed by atoms with Crippen LogP contribution >= 0.6 is 0 Å². The van der Waals surface area contributed by atoms with Crippen LogP contribution in [0.15, 0.2) is 30.3 Å². The van der Waals surface area contributed by atoms with E-state index in [2.05, 4.69) is 5.32 Å². The molecule has 4 heteroatoms. The highest BCUT2D eigenvalue weighted by Crippen LogP contribution is 2.13. The van der Waals surface area contributed by atoms with E-state index in [0.29, 0.717) is 13.0 Å². The number of aliphatic hydroxyl groups excluding tert-OH is 1. The first-order chi connectivity index (χ1) is 9.09. The molecule has 0 heterocycles. The number of ether oxygens (including phenoxy) is 1. The van der Waals surface area contributed by atoms with Gasteiger partial charge in [0.2, 0.25) is 5.91 Å². The zero-order chi connectivity index (χ0) is 14.1. The number of carbonyl (C=O) groups is 1. The first-order valence-electron chi connectivity index (χ1n) is 6.63. The van der Waals surface area contributed by atoms with E-state index in [9.17, 15) is 4.79 Å². The molecule has 1 aromatic rings. The van der Waals surface area contributed by atoms with E-state index in [1.165, 1.54) is 0 Å². The van der Waals surface area contributed by atoms with Gasteiger partial charge in [-0.05, 0) is 25.3 Å². The first kappa shape index (κ1) is 15.7. The van der Waals surface area contributed by atoms with Gasteiger partial charge in [0.05, 0.1) is 6.61 Å². The highest BCUT2D eigenvalue weighted by Gasteiger charge is 2.23. The zero-order valence-electron chi connectivity index (χ0n) is 11.7. The maximum atomic E-state index is 11.8. The smallest absolute Gasteiger partial charge is 0.246 e. The molecule has 2 N–H and O–H groups in total. The summed E-state index contributed by atoms with van der Waals surface area (Å²) >= 11 is 0. The van der Waals surface area contributed by atoms with Crippen molar-refractivity contribution in [3.8, 4) is 0 Å². The van der Waals surface area contributed by atoms with Crippen LogP contribution in [-0.4, -0.2) is 29.8 Å². The van der Waals surface area contributed by atoms with E-state index in [1.807, 2.05) is 44.2 Å². The van der Waals surface area contributed by atoms with Gasteiger partial charge in [0.25, 0.3) is 0 Å². The molecule has 0 aliphatic rings. The molecule has 0 spiro atoms. The van der Waals surface area contributed by atoms with Crippen LogP contribution < -0.4 is 5.32 Å². The van der Waals surface area contributed by atoms with E-state index in [-0.39, 0.29) is 24.7 Å². The molecule has 1 aromatic carbocycles. The standard InChI is InChI=1S/C15H23NO3/c1-3-15(2,9-10-17)16-14(18)12-19-11-13-7-5-4-6-8-13/h4-8,17H,3,9-12H2,1-2H3,(H,16,18). The minimum atomic E-state index is -0.359. The maximum Gasteiger partial charge on any atom is 0.246 e. The van der Waals surface area contributed by atoms with Crippen LogP contribution in [0.3, 0.4) is 0 Å². The topological polar surface area (TPSA) is 58.6 Å². The second-order valence-corrected chi connectivity index (χ2v) is 4.91. The molecule has 0 saturated heterocycles. The summed E-state index contributed by atoms with van der Waals surface area (Å²) in [6.07, 6.45) is 1.33.